The molecule has 0 bridgehead atoms. The van der Waals surface area contributed by atoms with Crippen LogP contribution >= 0.6 is 0 Å². The van der Waals surface area contributed by atoms with Crippen LogP contribution in [0, 0.1) is 13.8 Å². The zero-order chi connectivity index (χ0) is 13.4. The van der Waals surface area contributed by atoms with E-state index in [1.54, 1.807) is 6.20 Å². The van der Waals surface area contributed by atoms with E-state index in [4.69, 9.17) is 5.73 Å². The molecule has 1 fully saturated rings. The average molecular weight is 256 g/mol. The first-order chi connectivity index (χ1) is 9.11. The molecule has 0 aromatic carbocycles. The zero-order valence-electron chi connectivity index (χ0n) is 11.0. The van der Waals surface area contributed by atoms with Gasteiger partial charge in [0.15, 0.2) is 0 Å². The van der Waals surface area contributed by atoms with Crippen molar-refractivity contribution in [2.24, 2.45) is 0 Å². The van der Waals surface area contributed by atoms with Gasteiger partial charge in [-0.3, -0.25) is 0 Å². The van der Waals surface area contributed by atoms with E-state index in [0.717, 1.165) is 36.1 Å². The fourth-order valence-electron chi connectivity index (χ4n) is 2.29. The molecule has 0 radical (unpaired) electrons. The quantitative estimate of drug-likeness (QED) is 0.865. The summed E-state index contributed by atoms with van der Waals surface area (Å²) in [5.41, 5.74) is 8.59. The van der Waals surface area contributed by atoms with Gasteiger partial charge in [-0.05, 0) is 26.0 Å². The number of nitrogens with zero attached hydrogens (tertiary/aromatic N) is 5. The van der Waals surface area contributed by atoms with Gasteiger partial charge in [0.25, 0.3) is 0 Å². The van der Waals surface area contributed by atoms with Gasteiger partial charge in [0.05, 0.1) is 5.69 Å². The zero-order valence-corrected chi connectivity index (χ0v) is 11.0. The van der Waals surface area contributed by atoms with E-state index in [1.807, 2.05) is 26.0 Å². The number of nitrogens with two attached hydrogens (primary N) is 1. The van der Waals surface area contributed by atoms with Gasteiger partial charge in [0.1, 0.15) is 0 Å². The highest BCUT2D eigenvalue weighted by Crippen LogP contribution is 2.28. The number of hydrogen-bond donors (Lipinski definition) is 1. The first-order valence-corrected chi connectivity index (χ1v) is 6.27. The Kier molecular flexibility index (Phi) is 2.77. The van der Waals surface area contributed by atoms with Crippen molar-refractivity contribution in [1.29, 1.82) is 0 Å². The maximum Gasteiger partial charge on any atom is 0.225 e. The van der Waals surface area contributed by atoms with Crippen LogP contribution in [0.1, 0.15) is 23.0 Å². The number of aryl methyl sites for hydroxylation is 2. The van der Waals surface area contributed by atoms with Crippen molar-refractivity contribution in [2.45, 2.75) is 19.8 Å². The number of rotatable bonds is 2. The van der Waals surface area contributed by atoms with Crippen molar-refractivity contribution >= 4 is 11.9 Å². The van der Waals surface area contributed by atoms with E-state index in [0.29, 0.717) is 11.9 Å². The SMILES string of the molecule is Cc1cc(C)nc(N2CC(c3ccnc(N)n3)C2)n1. The van der Waals surface area contributed by atoms with Gasteiger partial charge >= 0.3 is 0 Å². The van der Waals surface area contributed by atoms with Crippen LogP contribution in [0.4, 0.5) is 11.9 Å². The second kappa shape index (κ2) is 4.46. The Morgan fingerprint density at radius 1 is 1.16 bits per heavy atom. The van der Waals surface area contributed by atoms with Crippen LogP contribution in [0.5, 0.6) is 0 Å². The molecule has 0 unspecified atom stereocenters. The molecule has 0 aliphatic carbocycles. The summed E-state index contributed by atoms with van der Waals surface area (Å²) in [5, 5.41) is 0. The predicted octanol–water partition coefficient (Wildman–Crippen LogP) is 1.07. The average Bonchev–Trinajstić information content (AvgIpc) is 2.25. The number of nitrogen functional groups attached to an aromatic ring is 1. The molecular formula is C13H16N6. The third-order valence-corrected chi connectivity index (χ3v) is 3.25. The van der Waals surface area contributed by atoms with Gasteiger partial charge in [-0.1, -0.05) is 0 Å². The van der Waals surface area contributed by atoms with Gasteiger partial charge in [0.2, 0.25) is 11.9 Å². The maximum absolute atomic E-state index is 5.60. The lowest BCUT2D eigenvalue weighted by Crippen LogP contribution is -2.46. The van der Waals surface area contributed by atoms with Crippen LogP contribution in [0.25, 0.3) is 0 Å². The van der Waals surface area contributed by atoms with Crippen molar-refractivity contribution < 1.29 is 0 Å². The number of aromatic nitrogens is 4. The highest BCUT2D eigenvalue weighted by Gasteiger charge is 2.31. The van der Waals surface area contributed by atoms with E-state index in [1.165, 1.54) is 0 Å². The molecule has 19 heavy (non-hydrogen) atoms. The monoisotopic (exact) mass is 256 g/mol. The van der Waals surface area contributed by atoms with Gasteiger partial charge < -0.3 is 10.6 Å². The fourth-order valence-corrected chi connectivity index (χ4v) is 2.29. The highest BCUT2D eigenvalue weighted by molar-refractivity contribution is 5.39. The Labute approximate surface area is 111 Å². The van der Waals surface area contributed by atoms with Crippen molar-refractivity contribution in [1.82, 2.24) is 19.9 Å². The van der Waals surface area contributed by atoms with E-state index in [9.17, 15) is 0 Å². The minimum Gasteiger partial charge on any atom is -0.368 e. The van der Waals surface area contributed by atoms with Crippen molar-refractivity contribution in [2.75, 3.05) is 23.7 Å². The largest absolute Gasteiger partial charge is 0.368 e. The first-order valence-electron chi connectivity index (χ1n) is 6.27. The molecule has 3 rings (SSSR count). The number of hydrogen-bond acceptors (Lipinski definition) is 6. The molecule has 0 spiro atoms. The topological polar surface area (TPSA) is 80.8 Å². The maximum atomic E-state index is 5.60. The van der Waals surface area contributed by atoms with Crippen molar-refractivity contribution in [3.05, 3.63) is 35.4 Å². The first kappa shape index (κ1) is 11.8. The van der Waals surface area contributed by atoms with Gasteiger partial charge in [-0.15, -0.1) is 0 Å². The molecule has 98 valence electrons. The van der Waals surface area contributed by atoms with Crippen LogP contribution < -0.4 is 10.6 Å². The second-order valence-electron chi connectivity index (χ2n) is 4.89. The van der Waals surface area contributed by atoms with Gasteiger partial charge in [-0.2, -0.15) is 0 Å². The Bertz CT molecular complexity index is 586. The predicted molar refractivity (Wildman–Crippen MR) is 72.9 cm³/mol. The van der Waals surface area contributed by atoms with Crippen LogP contribution in [0.15, 0.2) is 18.3 Å². The summed E-state index contributed by atoms with van der Waals surface area (Å²) in [5.74, 6) is 1.52. The number of anilines is 2. The molecule has 6 nitrogen and oxygen atoms in total. The molecule has 2 N–H and O–H groups in total. The van der Waals surface area contributed by atoms with Crippen LogP contribution in [0.3, 0.4) is 0 Å². The van der Waals surface area contributed by atoms with E-state index in [-0.39, 0.29) is 0 Å². The van der Waals surface area contributed by atoms with Crippen LogP contribution in [-0.4, -0.2) is 33.0 Å². The van der Waals surface area contributed by atoms with E-state index >= 15 is 0 Å². The molecule has 0 atom stereocenters. The highest BCUT2D eigenvalue weighted by atomic mass is 15.3. The summed E-state index contributed by atoms with van der Waals surface area (Å²) in [6, 6.07) is 3.90. The lowest BCUT2D eigenvalue weighted by atomic mass is 9.96. The summed E-state index contributed by atoms with van der Waals surface area (Å²) >= 11 is 0. The fraction of sp³-hybridized carbons (Fsp3) is 0.385. The van der Waals surface area contributed by atoms with Gasteiger partial charge in [0, 0.05) is 36.6 Å². The Hall–Kier alpha value is -2.24. The molecule has 2 aromatic heterocycles. The summed E-state index contributed by atoms with van der Waals surface area (Å²) in [4.78, 5) is 19.2. The third-order valence-electron chi connectivity index (χ3n) is 3.25. The molecule has 6 heteroatoms. The Morgan fingerprint density at radius 3 is 2.47 bits per heavy atom. The minimum absolute atomic E-state index is 0.332. The Balaban J connectivity index is 1.73. The molecule has 0 saturated carbocycles. The standard InChI is InChI=1S/C13H16N6/c1-8-5-9(2)17-13(16-8)19-6-10(7-19)11-3-4-15-12(14)18-11/h3-5,10H,6-7H2,1-2H3,(H2,14,15,18). The normalized spacial score (nSPS) is 15.4. The summed E-state index contributed by atoms with van der Waals surface area (Å²) in [6.07, 6.45) is 1.70. The summed E-state index contributed by atoms with van der Waals surface area (Å²) < 4.78 is 0. The molecule has 3 heterocycles. The van der Waals surface area contributed by atoms with Crippen LogP contribution in [-0.2, 0) is 0 Å². The molecule has 1 saturated heterocycles. The smallest absolute Gasteiger partial charge is 0.225 e. The summed E-state index contributed by atoms with van der Waals surface area (Å²) in [7, 11) is 0. The van der Waals surface area contributed by atoms with Gasteiger partial charge in [-0.25, -0.2) is 19.9 Å². The molecule has 1 aliphatic heterocycles. The van der Waals surface area contributed by atoms with Crippen molar-refractivity contribution in [3.63, 3.8) is 0 Å². The van der Waals surface area contributed by atoms with Crippen molar-refractivity contribution in [3.8, 4) is 0 Å². The van der Waals surface area contributed by atoms with E-state index < -0.39 is 0 Å². The lowest BCUT2D eigenvalue weighted by molar-refractivity contribution is 0.502. The Morgan fingerprint density at radius 2 is 1.84 bits per heavy atom. The molecule has 0 amide bonds. The molecular weight excluding hydrogens is 240 g/mol. The molecule has 2 aromatic rings. The summed E-state index contributed by atoms with van der Waals surface area (Å²) in [6.45, 7) is 5.72. The molecule has 1 aliphatic rings. The lowest BCUT2D eigenvalue weighted by Gasteiger charge is -2.39. The minimum atomic E-state index is 0.332. The van der Waals surface area contributed by atoms with E-state index in [2.05, 4.69) is 24.8 Å². The second-order valence-corrected chi connectivity index (χ2v) is 4.89. The van der Waals surface area contributed by atoms with Crippen LogP contribution in [0.2, 0.25) is 0 Å². The third kappa shape index (κ3) is 2.33.